The first kappa shape index (κ1) is 11.6. The normalized spacial score (nSPS) is 19.7. The standard InChI is InChI=1S/C13H10N2O4/c16-10-5-7(6-11(17)14-10)15-12(18)8-3-1-2-4-9(8)13(15)19/h1-4,7H,5-6H2,(H,14,16,17). The molecule has 1 N–H and O–H groups in total. The number of amides is 4. The summed E-state index contributed by atoms with van der Waals surface area (Å²) in [6.45, 7) is 0. The van der Waals surface area contributed by atoms with E-state index in [4.69, 9.17) is 0 Å². The zero-order valence-electron chi connectivity index (χ0n) is 9.88. The van der Waals surface area contributed by atoms with Gasteiger partial charge in [0.2, 0.25) is 11.8 Å². The Balaban J connectivity index is 1.96. The fourth-order valence-electron chi connectivity index (χ4n) is 2.48. The summed E-state index contributed by atoms with van der Waals surface area (Å²) in [6.07, 6.45) is -0.0611. The SMILES string of the molecule is O=C1CC(N2C(=O)c3ccccc3C2=O)CC(=O)N1. The summed E-state index contributed by atoms with van der Waals surface area (Å²) < 4.78 is 0. The van der Waals surface area contributed by atoms with E-state index in [9.17, 15) is 19.2 Å². The van der Waals surface area contributed by atoms with E-state index in [0.29, 0.717) is 11.1 Å². The van der Waals surface area contributed by atoms with Gasteiger partial charge in [-0.3, -0.25) is 29.4 Å². The Morgan fingerprint density at radius 2 is 1.37 bits per heavy atom. The van der Waals surface area contributed by atoms with Gasteiger partial charge in [0, 0.05) is 12.8 Å². The van der Waals surface area contributed by atoms with E-state index in [1.807, 2.05) is 0 Å². The maximum atomic E-state index is 12.2. The smallest absolute Gasteiger partial charge is 0.261 e. The molecule has 0 saturated carbocycles. The number of imide groups is 2. The van der Waals surface area contributed by atoms with Crippen LogP contribution in [0, 0.1) is 0 Å². The average molecular weight is 258 g/mol. The molecule has 0 spiro atoms. The molecular formula is C13H10N2O4. The molecule has 1 fully saturated rings. The van der Waals surface area contributed by atoms with Gasteiger partial charge in [0.15, 0.2) is 0 Å². The second-order valence-corrected chi connectivity index (χ2v) is 4.56. The summed E-state index contributed by atoms with van der Waals surface area (Å²) in [5, 5.41) is 2.16. The molecule has 0 aromatic heterocycles. The van der Waals surface area contributed by atoms with E-state index in [-0.39, 0.29) is 12.8 Å². The minimum atomic E-state index is -0.686. The number of piperidine rings is 1. The lowest BCUT2D eigenvalue weighted by atomic mass is 10.0. The van der Waals surface area contributed by atoms with Gasteiger partial charge in [0.25, 0.3) is 11.8 Å². The van der Waals surface area contributed by atoms with Crippen molar-refractivity contribution in [3.8, 4) is 0 Å². The fourth-order valence-corrected chi connectivity index (χ4v) is 2.48. The van der Waals surface area contributed by atoms with Crippen LogP contribution in [0.3, 0.4) is 0 Å². The van der Waals surface area contributed by atoms with Gasteiger partial charge in [0.1, 0.15) is 0 Å². The molecule has 0 aliphatic carbocycles. The summed E-state index contributed by atoms with van der Waals surface area (Å²) in [5.74, 6) is -1.79. The van der Waals surface area contributed by atoms with Crippen LogP contribution in [0.1, 0.15) is 33.6 Å². The van der Waals surface area contributed by atoms with Crippen molar-refractivity contribution in [2.75, 3.05) is 0 Å². The third-order valence-corrected chi connectivity index (χ3v) is 3.31. The van der Waals surface area contributed by atoms with Crippen LogP contribution in [-0.2, 0) is 9.59 Å². The van der Waals surface area contributed by atoms with Crippen molar-refractivity contribution in [2.45, 2.75) is 18.9 Å². The number of rotatable bonds is 1. The maximum absolute atomic E-state index is 12.2. The molecule has 0 atom stereocenters. The maximum Gasteiger partial charge on any atom is 0.261 e. The molecule has 3 rings (SSSR count). The third-order valence-electron chi connectivity index (χ3n) is 3.31. The molecule has 6 nitrogen and oxygen atoms in total. The Morgan fingerprint density at radius 3 is 1.84 bits per heavy atom. The minimum Gasteiger partial charge on any atom is -0.296 e. The van der Waals surface area contributed by atoms with E-state index in [1.54, 1.807) is 24.3 Å². The summed E-state index contributed by atoms with van der Waals surface area (Å²) >= 11 is 0. The first-order valence-electron chi connectivity index (χ1n) is 5.87. The van der Waals surface area contributed by atoms with Crippen LogP contribution in [0.5, 0.6) is 0 Å². The monoisotopic (exact) mass is 258 g/mol. The van der Waals surface area contributed by atoms with E-state index < -0.39 is 29.7 Å². The Kier molecular flexibility index (Phi) is 2.45. The highest BCUT2D eigenvalue weighted by Gasteiger charge is 2.42. The molecule has 0 unspecified atom stereocenters. The Labute approximate surface area is 108 Å². The molecular weight excluding hydrogens is 248 g/mol. The summed E-state index contributed by atoms with van der Waals surface area (Å²) in [6, 6.07) is 5.80. The predicted octanol–water partition coefficient (Wildman–Crippen LogP) is 0.0878. The van der Waals surface area contributed by atoms with Crippen molar-refractivity contribution in [2.24, 2.45) is 0 Å². The molecule has 2 heterocycles. The van der Waals surface area contributed by atoms with Crippen LogP contribution in [0.4, 0.5) is 0 Å². The van der Waals surface area contributed by atoms with Crippen molar-refractivity contribution in [3.05, 3.63) is 35.4 Å². The van der Waals surface area contributed by atoms with E-state index in [0.717, 1.165) is 4.90 Å². The van der Waals surface area contributed by atoms with Gasteiger partial charge in [-0.05, 0) is 12.1 Å². The van der Waals surface area contributed by atoms with Gasteiger partial charge in [-0.15, -0.1) is 0 Å². The molecule has 1 saturated heterocycles. The summed E-state index contributed by atoms with van der Waals surface area (Å²) in [4.78, 5) is 48.1. The average Bonchev–Trinajstić information content (AvgIpc) is 2.61. The molecule has 2 aliphatic heterocycles. The molecule has 19 heavy (non-hydrogen) atoms. The third kappa shape index (κ3) is 1.72. The molecule has 1 aromatic carbocycles. The first-order valence-corrected chi connectivity index (χ1v) is 5.87. The highest BCUT2D eigenvalue weighted by molar-refractivity contribution is 6.22. The number of fused-ring (bicyclic) bond motifs is 1. The summed E-state index contributed by atoms with van der Waals surface area (Å²) in [7, 11) is 0. The number of hydrogen-bond donors (Lipinski definition) is 1. The van der Waals surface area contributed by atoms with Gasteiger partial charge in [-0.1, -0.05) is 12.1 Å². The van der Waals surface area contributed by atoms with Crippen LogP contribution < -0.4 is 5.32 Å². The number of carbonyl (C=O) groups excluding carboxylic acids is 4. The van der Waals surface area contributed by atoms with Crippen molar-refractivity contribution in [3.63, 3.8) is 0 Å². The largest absolute Gasteiger partial charge is 0.296 e. The summed E-state index contributed by atoms with van der Waals surface area (Å²) in [5.41, 5.74) is 0.650. The van der Waals surface area contributed by atoms with E-state index >= 15 is 0 Å². The van der Waals surface area contributed by atoms with Gasteiger partial charge < -0.3 is 0 Å². The lowest BCUT2D eigenvalue weighted by Crippen LogP contribution is -2.50. The molecule has 96 valence electrons. The fraction of sp³-hybridized carbons (Fsp3) is 0.231. The van der Waals surface area contributed by atoms with Crippen molar-refractivity contribution >= 4 is 23.6 Å². The minimum absolute atomic E-state index is 0.0305. The zero-order chi connectivity index (χ0) is 13.6. The Bertz CT molecular complexity index is 572. The number of nitrogens with zero attached hydrogens (tertiary/aromatic N) is 1. The molecule has 6 heteroatoms. The number of carbonyl (C=O) groups is 4. The number of hydrogen-bond acceptors (Lipinski definition) is 4. The Hall–Kier alpha value is -2.50. The number of nitrogens with one attached hydrogen (secondary N) is 1. The van der Waals surface area contributed by atoms with Crippen molar-refractivity contribution in [1.29, 1.82) is 0 Å². The molecule has 4 amide bonds. The zero-order valence-corrected chi connectivity index (χ0v) is 9.88. The van der Waals surface area contributed by atoms with Gasteiger partial charge >= 0.3 is 0 Å². The van der Waals surface area contributed by atoms with Crippen LogP contribution in [0.15, 0.2) is 24.3 Å². The van der Waals surface area contributed by atoms with Crippen molar-refractivity contribution in [1.82, 2.24) is 10.2 Å². The lowest BCUT2D eigenvalue weighted by Gasteiger charge is -2.28. The lowest BCUT2D eigenvalue weighted by molar-refractivity contribution is -0.134. The highest BCUT2D eigenvalue weighted by atomic mass is 16.2. The Morgan fingerprint density at radius 1 is 0.895 bits per heavy atom. The second-order valence-electron chi connectivity index (χ2n) is 4.56. The van der Waals surface area contributed by atoms with E-state index in [2.05, 4.69) is 5.32 Å². The van der Waals surface area contributed by atoms with Crippen LogP contribution in [0.25, 0.3) is 0 Å². The molecule has 0 radical (unpaired) electrons. The predicted molar refractivity (Wildman–Crippen MR) is 63.1 cm³/mol. The van der Waals surface area contributed by atoms with Gasteiger partial charge in [0.05, 0.1) is 17.2 Å². The first-order chi connectivity index (χ1) is 9.08. The topological polar surface area (TPSA) is 83.6 Å². The van der Waals surface area contributed by atoms with Crippen LogP contribution in [-0.4, -0.2) is 34.6 Å². The highest BCUT2D eigenvalue weighted by Crippen LogP contribution is 2.27. The van der Waals surface area contributed by atoms with Crippen LogP contribution >= 0.6 is 0 Å². The van der Waals surface area contributed by atoms with Crippen LogP contribution in [0.2, 0.25) is 0 Å². The van der Waals surface area contributed by atoms with Crippen molar-refractivity contribution < 1.29 is 19.2 Å². The number of benzene rings is 1. The molecule has 1 aromatic rings. The second kappa shape index (κ2) is 4.01. The molecule has 0 bridgehead atoms. The quantitative estimate of drug-likeness (QED) is 0.723. The van der Waals surface area contributed by atoms with Gasteiger partial charge in [-0.25, -0.2) is 0 Å². The van der Waals surface area contributed by atoms with Gasteiger partial charge in [-0.2, -0.15) is 0 Å². The molecule has 2 aliphatic rings. The van der Waals surface area contributed by atoms with E-state index in [1.165, 1.54) is 0 Å².